The van der Waals surface area contributed by atoms with Crippen LogP contribution in [0.5, 0.6) is 5.75 Å². The molecular weight excluding hydrogens is 234 g/mol. The number of hydrogen-bond acceptors (Lipinski definition) is 2. The van der Waals surface area contributed by atoms with Crippen LogP contribution < -0.4 is 5.56 Å². The molecular formula is C9H6BrNO2. The molecule has 0 aliphatic carbocycles. The summed E-state index contributed by atoms with van der Waals surface area (Å²) in [4.78, 5) is 11.3. The van der Waals surface area contributed by atoms with Crippen LogP contribution in [0, 0.1) is 0 Å². The largest absolute Gasteiger partial charge is 0.506 e. The van der Waals surface area contributed by atoms with Crippen molar-refractivity contribution < 1.29 is 5.11 Å². The molecule has 2 aromatic heterocycles. The van der Waals surface area contributed by atoms with Crippen molar-refractivity contribution in [3.8, 4) is 5.75 Å². The zero-order valence-corrected chi connectivity index (χ0v) is 8.15. The molecule has 2 heterocycles. The van der Waals surface area contributed by atoms with Gasteiger partial charge < -0.3 is 5.11 Å². The molecule has 13 heavy (non-hydrogen) atoms. The average molecular weight is 240 g/mol. The summed E-state index contributed by atoms with van der Waals surface area (Å²) < 4.78 is 2.09. The minimum absolute atomic E-state index is 0.0899. The standard InChI is InChI=1S/C9H6BrNO2/c10-6-3-4-8(13)11-5-1-2-7(12)9(6)11/h1-5,12H. The highest BCUT2D eigenvalue weighted by Crippen LogP contribution is 2.24. The number of rotatable bonds is 0. The fourth-order valence-corrected chi connectivity index (χ4v) is 1.75. The van der Waals surface area contributed by atoms with Crippen LogP contribution in [-0.2, 0) is 0 Å². The van der Waals surface area contributed by atoms with Crippen LogP contribution in [0.4, 0.5) is 0 Å². The molecule has 0 aromatic carbocycles. The smallest absolute Gasteiger partial charge is 0.255 e. The molecule has 66 valence electrons. The maximum atomic E-state index is 11.3. The molecule has 3 nitrogen and oxygen atoms in total. The average Bonchev–Trinajstić information content (AvgIpc) is 2.12. The van der Waals surface area contributed by atoms with E-state index in [2.05, 4.69) is 15.9 Å². The lowest BCUT2D eigenvalue weighted by Crippen LogP contribution is -2.11. The molecule has 0 atom stereocenters. The quantitative estimate of drug-likeness (QED) is 0.762. The Morgan fingerprint density at radius 2 is 2.08 bits per heavy atom. The Morgan fingerprint density at radius 1 is 1.31 bits per heavy atom. The van der Waals surface area contributed by atoms with E-state index in [0.29, 0.717) is 9.99 Å². The molecule has 0 aliphatic rings. The minimum Gasteiger partial charge on any atom is -0.506 e. The minimum atomic E-state index is -0.158. The summed E-state index contributed by atoms with van der Waals surface area (Å²) in [7, 11) is 0. The van der Waals surface area contributed by atoms with Crippen molar-refractivity contribution in [2.24, 2.45) is 0 Å². The van der Waals surface area contributed by atoms with Gasteiger partial charge in [-0.3, -0.25) is 9.20 Å². The second-order valence-corrected chi connectivity index (χ2v) is 3.49. The fourth-order valence-electron chi connectivity index (χ4n) is 1.22. The third-order valence-corrected chi connectivity index (χ3v) is 2.45. The van der Waals surface area contributed by atoms with Gasteiger partial charge >= 0.3 is 0 Å². The zero-order chi connectivity index (χ0) is 9.42. The SMILES string of the molecule is O=c1ccc(Br)c2c(O)cccn12. The first-order valence-electron chi connectivity index (χ1n) is 3.69. The van der Waals surface area contributed by atoms with Crippen LogP contribution in [0.2, 0.25) is 0 Å². The summed E-state index contributed by atoms with van der Waals surface area (Å²) in [5.41, 5.74) is 0.337. The molecule has 0 fully saturated rings. The Morgan fingerprint density at radius 3 is 2.77 bits per heavy atom. The fraction of sp³-hybridized carbons (Fsp3) is 0. The summed E-state index contributed by atoms with van der Waals surface area (Å²) in [6, 6.07) is 6.23. The number of aromatic hydroxyl groups is 1. The Bertz CT molecular complexity index is 510. The maximum Gasteiger partial charge on any atom is 0.255 e. The van der Waals surface area contributed by atoms with Gasteiger partial charge in [-0.1, -0.05) is 0 Å². The predicted molar refractivity (Wildman–Crippen MR) is 53.0 cm³/mol. The van der Waals surface area contributed by atoms with Crippen LogP contribution >= 0.6 is 15.9 Å². The number of pyridine rings is 2. The monoisotopic (exact) mass is 239 g/mol. The Labute approximate surface area is 82.4 Å². The maximum absolute atomic E-state index is 11.3. The predicted octanol–water partition coefficient (Wildman–Crippen LogP) is 1.77. The third-order valence-electron chi connectivity index (χ3n) is 1.81. The van der Waals surface area contributed by atoms with Crippen LogP contribution in [0.25, 0.3) is 5.52 Å². The van der Waals surface area contributed by atoms with Gasteiger partial charge in [-0.15, -0.1) is 0 Å². The van der Waals surface area contributed by atoms with Gasteiger partial charge in [0.1, 0.15) is 11.3 Å². The molecule has 4 heteroatoms. The van der Waals surface area contributed by atoms with Crippen LogP contribution in [0.3, 0.4) is 0 Å². The Kier molecular flexibility index (Phi) is 1.84. The normalized spacial score (nSPS) is 10.5. The first kappa shape index (κ1) is 8.31. The second kappa shape index (κ2) is 2.88. The molecule has 0 amide bonds. The highest BCUT2D eigenvalue weighted by atomic mass is 79.9. The number of halogens is 1. The second-order valence-electron chi connectivity index (χ2n) is 2.63. The van der Waals surface area contributed by atoms with Crippen molar-refractivity contribution in [1.29, 1.82) is 0 Å². The number of hydrogen-bond donors (Lipinski definition) is 1. The summed E-state index contributed by atoms with van der Waals surface area (Å²) >= 11 is 3.26. The molecule has 0 radical (unpaired) electrons. The summed E-state index contributed by atoms with van der Waals surface area (Å²) in [6.45, 7) is 0. The molecule has 0 bridgehead atoms. The van der Waals surface area contributed by atoms with E-state index in [4.69, 9.17) is 0 Å². The highest BCUT2D eigenvalue weighted by Gasteiger charge is 2.03. The van der Waals surface area contributed by atoms with E-state index in [-0.39, 0.29) is 11.3 Å². The van der Waals surface area contributed by atoms with E-state index in [1.165, 1.54) is 10.5 Å². The van der Waals surface area contributed by atoms with E-state index in [1.807, 2.05) is 0 Å². The Balaban J connectivity index is 3.09. The first-order chi connectivity index (χ1) is 6.20. The van der Waals surface area contributed by atoms with Gasteiger partial charge in [-0.25, -0.2) is 0 Å². The lowest BCUT2D eigenvalue weighted by Gasteiger charge is -2.03. The molecule has 0 saturated heterocycles. The van der Waals surface area contributed by atoms with Crippen molar-refractivity contribution in [2.75, 3.05) is 0 Å². The third kappa shape index (κ3) is 1.23. The van der Waals surface area contributed by atoms with E-state index in [0.717, 1.165) is 0 Å². The number of fused-ring (bicyclic) bond motifs is 1. The van der Waals surface area contributed by atoms with Gasteiger partial charge in [-0.05, 0) is 34.1 Å². The lowest BCUT2D eigenvalue weighted by atomic mass is 10.3. The number of aromatic nitrogens is 1. The lowest BCUT2D eigenvalue weighted by molar-refractivity contribution is 0.478. The van der Waals surface area contributed by atoms with Crippen molar-refractivity contribution in [2.45, 2.75) is 0 Å². The van der Waals surface area contributed by atoms with Gasteiger partial charge in [0.15, 0.2) is 0 Å². The molecule has 0 unspecified atom stereocenters. The molecule has 0 saturated carbocycles. The first-order valence-corrected chi connectivity index (χ1v) is 4.48. The van der Waals surface area contributed by atoms with E-state index >= 15 is 0 Å². The summed E-state index contributed by atoms with van der Waals surface area (Å²) in [5.74, 6) is 0.0899. The zero-order valence-electron chi connectivity index (χ0n) is 6.57. The topological polar surface area (TPSA) is 41.7 Å². The molecule has 1 N–H and O–H groups in total. The molecule has 2 aromatic rings. The van der Waals surface area contributed by atoms with E-state index in [1.54, 1.807) is 24.4 Å². The highest BCUT2D eigenvalue weighted by molar-refractivity contribution is 9.10. The van der Waals surface area contributed by atoms with Crippen molar-refractivity contribution in [1.82, 2.24) is 4.40 Å². The van der Waals surface area contributed by atoms with Crippen LogP contribution in [0.1, 0.15) is 0 Å². The van der Waals surface area contributed by atoms with Gasteiger partial charge in [-0.2, -0.15) is 0 Å². The van der Waals surface area contributed by atoms with Crippen molar-refractivity contribution in [3.63, 3.8) is 0 Å². The molecule has 0 aliphatic heterocycles. The van der Waals surface area contributed by atoms with Crippen LogP contribution in [0.15, 0.2) is 39.7 Å². The Hall–Kier alpha value is -1.29. The molecule has 2 rings (SSSR count). The summed E-state index contributed by atoms with van der Waals surface area (Å²) in [5, 5.41) is 9.49. The van der Waals surface area contributed by atoms with Crippen LogP contribution in [-0.4, -0.2) is 9.51 Å². The van der Waals surface area contributed by atoms with Gasteiger partial charge in [0.2, 0.25) is 0 Å². The number of nitrogens with zero attached hydrogens (tertiary/aromatic N) is 1. The van der Waals surface area contributed by atoms with E-state index < -0.39 is 0 Å². The molecule has 0 spiro atoms. The van der Waals surface area contributed by atoms with Gasteiger partial charge in [0.05, 0.1) is 0 Å². The van der Waals surface area contributed by atoms with Crippen molar-refractivity contribution in [3.05, 3.63) is 45.3 Å². The summed E-state index contributed by atoms with van der Waals surface area (Å²) in [6.07, 6.45) is 1.61. The van der Waals surface area contributed by atoms with Crippen molar-refractivity contribution >= 4 is 21.4 Å². The van der Waals surface area contributed by atoms with Gasteiger partial charge in [0.25, 0.3) is 5.56 Å². The van der Waals surface area contributed by atoms with Gasteiger partial charge in [0, 0.05) is 16.7 Å². The van der Waals surface area contributed by atoms with E-state index in [9.17, 15) is 9.90 Å².